The van der Waals surface area contributed by atoms with Gasteiger partial charge in [-0.2, -0.15) is 0 Å². The predicted octanol–water partition coefficient (Wildman–Crippen LogP) is 0.944. The van der Waals surface area contributed by atoms with Gasteiger partial charge < -0.3 is 159 Å². The number of aliphatic carboxylic acids is 2. The van der Waals surface area contributed by atoms with Gasteiger partial charge in [-0.3, -0.25) is 57.6 Å². The lowest BCUT2D eigenvalue weighted by Gasteiger charge is -2.49. The second kappa shape index (κ2) is 48.8. The summed E-state index contributed by atoms with van der Waals surface area (Å²) < 4.78 is 40.5. The Morgan fingerprint density at radius 1 is 0.720 bits per heavy atom. The van der Waals surface area contributed by atoms with Gasteiger partial charge in [-0.05, 0) is 130 Å². The molecule has 0 spiro atoms. The van der Waals surface area contributed by atoms with Crippen molar-refractivity contribution < 1.29 is 156 Å². The normalized spacial score (nSPS) is 25.6. The van der Waals surface area contributed by atoms with Gasteiger partial charge in [0.2, 0.25) is 65.2 Å². The minimum atomic E-state index is -2.44. The van der Waals surface area contributed by atoms with Gasteiger partial charge in [0, 0.05) is 97.6 Å². The zero-order valence-electron chi connectivity index (χ0n) is 81.2. The molecule has 11 amide bonds. The van der Waals surface area contributed by atoms with Gasteiger partial charge in [-0.25, -0.2) is 19.1 Å². The Morgan fingerprint density at radius 2 is 1.36 bits per heavy atom. The number of phenols is 3. The zero-order chi connectivity index (χ0) is 108. The molecule has 150 heavy (non-hydrogen) atoms. The highest BCUT2D eigenvalue weighted by molar-refractivity contribution is 8.00. The number of pyridine rings is 1. The largest absolute Gasteiger partial charge is 0.507 e. The molecule has 0 aliphatic carbocycles. The first-order valence-corrected chi connectivity index (χ1v) is 50.5. The summed E-state index contributed by atoms with van der Waals surface area (Å²) in [5.41, 5.74) is 7.09. The molecule has 0 radical (unpaired) electrons. The summed E-state index contributed by atoms with van der Waals surface area (Å²) in [6, 6.07) is 1.83. The number of thiazole rings is 1. The highest BCUT2D eigenvalue weighted by Gasteiger charge is 2.57. The molecule has 3 fully saturated rings. The number of likely N-dealkylation sites (N-methyl/N-ethyl adjacent to an activating group) is 1. The van der Waals surface area contributed by atoms with Crippen LogP contribution in [0.25, 0.3) is 11.1 Å². The average Bonchev–Trinajstić information content (AvgIpc) is 0.735. The molecule has 11 bridgehead atoms. The first-order chi connectivity index (χ1) is 71.3. The number of rotatable bonds is 34. The van der Waals surface area contributed by atoms with E-state index in [9.17, 15) is 94.5 Å². The smallest absolute Gasteiger partial charge is 0.352 e. The second-order valence-electron chi connectivity index (χ2n) is 37.2. The van der Waals surface area contributed by atoms with Crippen molar-refractivity contribution in [3.63, 3.8) is 0 Å². The second-order valence-corrected chi connectivity index (χ2v) is 40.9. The maximum Gasteiger partial charge on any atom is 0.352 e. The predicted molar refractivity (Wildman–Crippen MR) is 531 cm³/mol. The number of aryl methyl sites for hydroxylation is 1. The Bertz CT molecular complexity index is 6410. The quantitative estimate of drug-likeness (QED) is 0.00877. The van der Waals surface area contributed by atoms with Crippen LogP contribution < -0.4 is 88.7 Å². The SMILES string of the molecule is CN[C@H](CC(C)C)C(=O)NC1C(=O)N[C@@H](CC(N)=O)C(=O)N[C@H]2C(=O)N[C@H]3C(=O)N[C@H](C(=O)N[C@H](C(=O)O)c4cc(O)c(CNCCNC(=O)CCCCC(=O)NCCCO/N=C(/C(=O)N[C@@H]5C(=O)N6C(C(=O)O)=C(C[n+]7ccccc7)CS[C@H]56)c5nc(C)sc5Cl)c(O)c4-c4cc3ccc4O)[C@H](O)c3ccc(c(Cl)c3)Oc3cc2cc(c3O[C@@H]2O[C@H](CO)[C@@H](O)[C@H](O)[C@H]2O[C@H]2C[C@](C)(N)[C@H](O)[C@H](C)O2)Oc2ccc(cc2Cl)[C@H]1O. The minimum Gasteiger partial charge on any atom is -0.507 e. The Kier molecular flexibility index (Phi) is 36.5. The number of ether oxygens (including phenoxy) is 6. The number of thioether (sulfide) groups is 1. The van der Waals surface area contributed by atoms with Gasteiger partial charge in [-0.1, -0.05) is 78.1 Å². The van der Waals surface area contributed by atoms with Gasteiger partial charge in [-0.15, -0.1) is 23.1 Å². The number of hydrogen-bond donors (Lipinski definition) is 24. The molecule has 9 aliphatic rings. The van der Waals surface area contributed by atoms with Crippen molar-refractivity contribution in [2.24, 2.45) is 22.5 Å². The van der Waals surface area contributed by atoms with Crippen LogP contribution in [0.3, 0.4) is 0 Å². The fraction of sp³-hybridized carbons (Fsp3) is 0.443. The molecular weight excluding hydrogens is 2070 g/mol. The molecule has 16 rings (SSSR count). The molecular formula is C97H113Cl3N17O31S2+. The van der Waals surface area contributed by atoms with E-state index in [2.05, 4.69) is 68.6 Å². The molecule has 7 aromatic rings. The molecule has 3 saturated heterocycles. The number of benzene rings is 5. The Morgan fingerprint density at radius 3 is 1.97 bits per heavy atom. The molecule has 0 saturated carbocycles. The first-order valence-electron chi connectivity index (χ1n) is 47.5. The van der Waals surface area contributed by atoms with Gasteiger partial charge in [0.05, 0.1) is 51.9 Å². The van der Waals surface area contributed by atoms with Crippen molar-refractivity contribution in [2.45, 2.75) is 220 Å². The molecule has 5 aromatic carbocycles. The summed E-state index contributed by atoms with van der Waals surface area (Å²) in [6.07, 6.45) is -15.0. The van der Waals surface area contributed by atoms with Crippen molar-refractivity contribution in [1.29, 1.82) is 0 Å². The van der Waals surface area contributed by atoms with E-state index in [0.717, 1.165) is 76.9 Å². The number of β-lactam (4-membered cyclic amide) rings is 1. The fourth-order valence-electron chi connectivity index (χ4n) is 18.0. The number of unbranched alkanes of at least 4 members (excludes halogenated alkanes) is 1. The summed E-state index contributed by atoms with van der Waals surface area (Å²) in [5, 5.41) is 160. The number of nitrogens with two attached hydrogens (primary N) is 2. The summed E-state index contributed by atoms with van der Waals surface area (Å²) in [5.74, 6) is -20.4. The number of oxime groups is 1. The van der Waals surface area contributed by atoms with Crippen LogP contribution in [0.2, 0.25) is 14.4 Å². The van der Waals surface area contributed by atoms with E-state index >= 15 is 24.0 Å². The number of aromatic hydroxyl groups is 3. The number of phenolic OH excluding ortho intramolecular Hbond substituents is 3. The molecule has 48 nitrogen and oxygen atoms in total. The summed E-state index contributed by atoms with van der Waals surface area (Å²) in [4.78, 5) is 197. The van der Waals surface area contributed by atoms with Crippen LogP contribution in [-0.4, -0.2) is 285 Å². The number of aliphatic hydroxyl groups excluding tert-OH is 6. The first kappa shape index (κ1) is 112. The van der Waals surface area contributed by atoms with Crippen molar-refractivity contribution in [3.8, 4) is 57.1 Å². The average molecular weight is 2180 g/mol. The maximum absolute atomic E-state index is 16.4. The monoisotopic (exact) mass is 2180 g/mol. The van der Waals surface area contributed by atoms with E-state index in [0.29, 0.717) is 10.6 Å². The van der Waals surface area contributed by atoms with Crippen molar-refractivity contribution in [3.05, 3.63) is 173 Å². The van der Waals surface area contributed by atoms with Gasteiger partial charge in [0.1, 0.15) is 123 Å². The third-order valence-electron chi connectivity index (χ3n) is 25.7. The van der Waals surface area contributed by atoms with Gasteiger partial charge >= 0.3 is 11.9 Å². The van der Waals surface area contributed by atoms with Gasteiger partial charge in [0.15, 0.2) is 54.6 Å². The standard InChI is InChI=1S/C97H112Cl3N17O31S2/c1-40(2)27-53(103-6)85(130)112-72-76(124)44-16-19-57(51(98)29-44)144-59-31-46-32-60(81(59)148-96-82(80(128)79(127)61(38-118)146-96)147-65-35-97(5,102)83(129)41(3)143-65)145-58-20-17-45(30-52(58)99)77(125)73-91(136)111-69(94(138)139)49-33-56(120)50(78(126)66(49)48-28-43(15-18-55(48)119)67(87(132)113-73)110-88(133)68(46)109-86(131)54(34-62(101)121)108-90(72)135)36-104-22-23-106-64(123)14-9-8-13-63(122)105-21-12-26-142-115-71(70-84(100)150-42(4)107-70)89(134)114-74-92(137)117-75(95(140)141)47(39-149-93(74)117)37-116-24-10-7-11-25-116/h7,10-11,15-20,24-25,28-33,40-41,53-54,61,65,67-69,72-74,76-77,79-80,82-83,93,96,103-104,118,124-125,127-129H,8-9,12-14,21-23,26-27,34-39,102H2,1-6H3,(H15-,101,105,106,108,109,110,111,112,113,114,115,119,120,121,122,123,126,130,131,132,133,134,135,136,138,139,140,141)/p+1/t41-,53+,54-,61+,65-,67+,68+,69-,72?,73-,74+,76+,77+,79+,80-,82+,83+,93+,96-,97-/m0/s1. The number of primary amides is 1. The molecule has 1 unspecified atom stereocenters. The lowest BCUT2D eigenvalue weighted by atomic mass is 9.86. The number of carbonyl (C=O) groups excluding carboxylic acids is 11. The number of fused-ring (bicyclic) bond motifs is 16. The van der Waals surface area contributed by atoms with Gasteiger partial charge in [0.25, 0.3) is 11.8 Å². The van der Waals surface area contributed by atoms with E-state index in [1.807, 2.05) is 6.07 Å². The van der Waals surface area contributed by atoms with Crippen LogP contribution in [0.5, 0.6) is 46.0 Å². The Labute approximate surface area is 878 Å². The number of hydrogen-bond acceptors (Lipinski definition) is 36. The van der Waals surface area contributed by atoms with Crippen LogP contribution in [0.1, 0.15) is 153 Å². The molecule has 26 N–H and O–H groups in total. The number of nitrogens with zero attached hydrogens (tertiary/aromatic N) is 4. The van der Waals surface area contributed by atoms with E-state index in [4.69, 9.17) is 79.5 Å². The molecule has 20 atom stereocenters. The Balaban J connectivity index is 0.724. The van der Waals surface area contributed by atoms with E-state index in [-0.39, 0.29) is 134 Å². The Hall–Kier alpha value is -13.3. The lowest BCUT2D eigenvalue weighted by Crippen LogP contribution is -2.71. The summed E-state index contributed by atoms with van der Waals surface area (Å²) >= 11 is 23.1. The number of aliphatic hydroxyl groups is 6. The number of nitrogens with one attached hydrogen (secondary N) is 11. The molecule has 9 aliphatic heterocycles. The van der Waals surface area contributed by atoms with Crippen LogP contribution in [0.4, 0.5) is 0 Å². The van der Waals surface area contributed by atoms with Crippen LogP contribution >= 0.6 is 57.9 Å². The number of carboxylic acid groups (broad SMARTS) is 2. The topological polar surface area (TPSA) is 726 Å². The number of aromatic nitrogens is 2. The number of carbonyl (C=O) groups is 13. The highest BCUT2D eigenvalue weighted by Crippen LogP contribution is 2.52. The number of carboxylic acids is 2. The third kappa shape index (κ3) is 25.8. The molecule has 11 heterocycles. The zero-order valence-corrected chi connectivity index (χ0v) is 85.1. The van der Waals surface area contributed by atoms with Crippen LogP contribution in [0.15, 0.2) is 120 Å². The molecule has 804 valence electrons. The van der Waals surface area contributed by atoms with E-state index in [1.54, 1.807) is 49.9 Å². The van der Waals surface area contributed by atoms with E-state index in [1.165, 1.54) is 44.8 Å². The fourth-order valence-corrected chi connectivity index (χ4v) is 20.9. The number of halogens is 3. The van der Waals surface area contributed by atoms with E-state index < -0.39 is 295 Å². The minimum absolute atomic E-state index is 0.00223. The van der Waals surface area contributed by atoms with Crippen molar-refractivity contribution in [1.82, 2.24) is 68.4 Å². The van der Waals surface area contributed by atoms with Crippen LogP contribution in [-0.2, 0) is 94.5 Å². The third-order valence-corrected chi connectivity index (χ3v) is 28.8. The summed E-state index contributed by atoms with van der Waals surface area (Å²) in [6.45, 7) is 6.69. The number of amides is 11. The molecule has 2 aromatic heterocycles. The lowest BCUT2D eigenvalue weighted by molar-refractivity contribution is -0.689. The maximum atomic E-state index is 16.4. The summed E-state index contributed by atoms with van der Waals surface area (Å²) in [7, 11) is 1.46. The highest BCUT2D eigenvalue weighted by atomic mass is 35.5. The van der Waals surface area contributed by atoms with Crippen molar-refractivity contribution in [2.75, 3.05) is 45.6 Å². The molecule has 53 heteroatoms. The van der Waals surface area contributed by atoms with Crippen molar-refractivity contribution >= 4 is 141 Å². The van der Waals surface area contributed by atoms with Crippen LogP contribution in [0, 0.1) is 12.8 Å².